The van der Waals surface area contributed by atoms with Crippen LogP contribution in [0.2, 0.25) is 0 Å². The van der Waals surface area contributed by atoms with E-state index in [4.69, 9.17) is 15.2 Å². The van der Waals surface area contributed by atoms with Crippen molar-refractivity contribution < 1.29 is 14.4 Å². The first-order valence-electron chi connectivity index (χ1n) is 5.92. The molecule has 2 N–H and O–H groups in total. The number of nitrogens with zero attached hydrogens (tertiary/aromatic N) is 1. The van der Waals surface area contributed by atoms with Gasteiger partial charge in [0.15, 0.2) is 0 Å². The summed E-state index contributed by atoms with van der Waals surface area (Å²) in [6.45, 7) is 1.45. The number of ether oxygens (including phenoxy) is 2. The van der Waals surface area contributed by atoms with E-state index in [2.05, 4.69) is 0 Å². The van der Waals surface area contributed by atoms with Crippen molar-refractivity contribution in [2.45, 2.75) is 25.5 Å². The number of hydrogen-bond donors (Lipinski definition) is 1. The number of hydrogen-bond acceptors (Lipinski definition) is 5. The minimum Gasteiger partial charge on any atom is -0.491 e. The highest BCUT2D eigenvalue weighted by molar-refractivity contribution is 5.43. The Hall–Kier alpha value is -1.66. The van der Waals surface area contributed by atoms with Crippen molar-refractivity contribution in [1.29, 1.82) is 0 Å². The summed E-state index contributed by atoms with van der Waals surface area (Å²) in [7, 11) is 0. The molecule has 1 aromatic rings. The average Bonchev–Trinajstić information content (AvgIpc) is 2.89. The molecular formula is C12H16N2O4. The standard InChI is InChI=1S/C12H16N2O4/c13-7-9-6-10(14(15)16)3-4-12(9)18-8-11-2-1-5-17-11/h3-4,6,11H,1-2,5,7-8,13H2. The SMILES string of the molecule is NCc1cc([N+](=O)[O-])ccc1OCC1CCCO1. The second-order valence-corrected chi connectivity index (χ2v) is 4.20. The first-order chi connectivity index (χ1) is 8.70. The van der Waals surface area contributed by atoms with Crippen LogP contribution in [0.25, 0.3) is 0 Å². The minimum absolute atomic E-state index is 0.0277. The van der Waals surface area contributed by atoms with Crippen molar-refractivity contribution in [3.05, 3.63) is 33.9 Å². The van der Waals surface area contributed by atoms with Crippen LogP contribution in [0.1, 0.15) is 18.4 Å². The van der Waals surface area contributed by atoms with Crippen LogP contribution in [0.5, 0.6) is 5.75 Å². The first-order valence-corrected chi connectivity index (χ1v) is 5.92. The number of nitro benzene ring substituents is 1. The van der Waals surface area contributed by atoms with E-state index in [9.17, 15) is 10.1 Å². The molecule has 1 heterocycles. The van der Waals surface area contributed by atoms with Crippen LogP contribution in [0.15, 0.2) is 18.2 Å². The van der Waals surface area contributed by atoms with E-state index in [0.29, 0.717) is 17.9 Å². The molecule has 98 valence electrons. The molecule has 1 aliphatic rings. The second-order valence-electron chi connectivity index (χ2n) is 4.20. The van der Waals surface area contributed by atoms with Crippen LogP contribution in [0.4, 0.5) is 5.69 Å². The molecule has 0 radical (unpaired) electrons. The maximum atomic E-state index is 10.7. The molecule has 1 atom stereocenters. The van der Waals surface area contributed by atoms with Crippen molar-refractivity contribution in [2.75, 3.05) is 13.2 Å². The monoisotopic (exact) mass is 252 g/mol. The fourth-order valence-electron chi connectivity index (χ4n) is 1.94. The maximum Gasteiger partial charge on any atom is 0.270 e. The Labute approximate surface area is 105 Å². The molecule has 0 aliphatic carbocycles. The lowest BCUT2D eigenvalue weighted by Gasteiger charge is -2.13. The lowest BCUT2D eigenvalue weighted by molar-refractivity contribution is -0.384. The lowest BCUT2D eigenvalue weighted by Crippen LogP contribution is -2.17. The molecule has 0 aromatic heterocycles. The van der Waals surface area contributed by atoms with E-state index in [1.165, 1.54) is 12.1 Å². The zero-order valence-corrected chi connectivity index (χ0v) is 10.0. The molecule has 0 bridgehead atoms. The van der Waals surface area contributed by atoms with Crippen LogP contribution in [0, 0.1) is 10.1 Å². The van der Waals surface area contributed by atoms with Crippen molar-refractivity contribution in [2.24, 2.45) is 5.73 Å². The van der Waals surface area contributed by atoms with Gasteiger partial charge in [-0.1, -0.05) is 0 Å². The third-order valence-electron chi connectivity index (χ3n) is 2.92. The Kier molecular flexibility index (Phi) is 4.11. The lowest BCUT2D eigenvalue weighted by atomic mass is 10.2. The van der Waals surface area contributed by atoms with Gasteiger partial charge in [-0.2, -0.15) is 0 Å². The zero-order chi connectivity index (χ0) is 13.0. The maximum absolute atomic E-state index is 10.7. The Morgan fingerprint density at radius 2 is 2.39 bits per heavy atom. The van der Waals surface area contributed by atoms with Crippen molar-refractivity contribution >= 4 is 5.69 Å². The van der Waals surface area contributed by atoms with Crippen molar-refractivity contribution in [1.82, 2.24) is 0 Å². The minimum atomic E-state index is -0.441. The van der Waals surface area contributed by atoms with Gasteiger partial charge in [0.25, 0.3) is 5.69 Å². The number of non-ortho nitro benzene ring substituents is 1. The molecule has 0 amide bonds. The molecule has 1 fully saturated rings. The summed E-state index contributed by atoms with van der Waals surface area (Å²) in [5, 5.41) is 10.7. The van der Waals surface area contributed by atoms with Crippen LogP contribution in [0.3, 0.4) is 0 Å². The molecule has 1 aromatic carbocycles. The molecule has 1 aliphatic heterocycles. The Morgan fingerprint density at radius 1 is 1.56 bits per heavy atom. The normalized spacial score (nSPS) is 18.8. The molecule has 0 saturated carbocycles. The molecule has 2 rings (SSSR count). The fourth-order valence-corrected chi connectivity index (χ4v) is 1.94. The predicted molar refractivity (Wildman–Crippen MR) is 65.5 cm³/mol. The number of nitrogens with two attached hydrogens (primary N) is 1. The van der Waals surface area contributed by atoms with Crippen LogP contribution in [-0.2, 0) is 11.3 Å². The highest BCUT2D eigenvalue weighted by Crippen LogP contribution is 2.24. The van der Waals surface area contributed by atoms with E-state index in [1.54, 1.807) is 6.07 Å². The average molecular weight is 252 g/mol. The molecular weight excluding hydrogens is 236 g/mol. The van der Waals surface area contributed by atoms with Gasteiger partial charge in [-0.25, -0.2) is 0 Å². The summed E-state index contributed by atoms with van der Waals surface area (Å²) in [5.41, 5.74) is 6.24. The smallest absolute Gasteiger partial charge is 0.270 e. The number of nitro groups is 1. The third kappa shape index (κ3) is 2.96. The molecule has 0 spiro atoms. The van der Waals surface area contributed by atoms with E-state index in [1.807, 2.05) is 0 Å². The van der Waals surface area contributed by atoms with Gasteiger partial charge in [0.05, 0.1) is 11.0 Å². The molecule has 6 nitrogen and oxygen atoms in total. The van der Waals surface area contributed by atoms with Gasteiger partial charge in [0.1, 0.15) is 12.4 Å². The highest BCUT2D eigenvalue weighted by atomic mass is 16.6. The molecule has 6 heteroatoms. The quantitative estimate of drug-likeness (QED) is 0.635. The van der Waals surface area contributed by atoms with E-state index in [0.717, 1.165) is 19.4 Å². The van der Waals surface area contributed by atoms with Crippen LogP contribution >= 0.6 is 0 Å². The summed E-state index contributed by atoms with van der Waals surface area (Å²) in [6.07, 6.45) is 2.16. The van der Waals surface area contributed by atoms with Gasteiger partial charge < -0.3 is 15.2 Å². The van der Waals surface area contributed by atoms with Gasteiger partial charge in [-0.15, -0.1) is 0 Å². The third-order valence-corrected chi connectivity index (χ3v) is 2.92. The summed E-state index contributed by atoms with van der Waals surface area (Å²) in [6, 6.07) is 4.46. The van der Waals surface area contributed by atoms with Gasteiger partial charge >= 0.3 is 0 Å². The Balaban J connectivity index is 2.04. The van der Waals surface area contributed by atoms with Gasteiger partial charge in [-0.05, 0) is 18.9 Å². The van der Waals surface area contributed by atoms with E-state index in [-0.39, 0.29) is 18.3 Å². The van der Waals surface area contributed by atoms with Crippen LogP contribution in [-0.4, -0.2) is 24.2 Å². The predicted octanol–water partition coefficient (Wildman–Crippen LogP) is 1.61. The molecule has 1 unspecified atom stereocenters. The largest absolute Gasteiger partial charge is 0.491 e. The Bertz CT molecular complexity index is 430. The highest BCUT2D eigenvalue weighted by Gasteiger charge is 2.17. The molecule has 1 saturated heterocycles. The van der Waals surface area contributed by atoms with Gasteiger partial charge in [-0.3, -0.25) is 10.1 Å². The van der Waals surface area contributed by atoms with E-state index < -0.39 is 4.92 Å². The van der Waals surface area contributed by atoms with E-state index >= 15 is 0 Å². The van der Waals surface area contributed by atoms with Gasteiger partial charge in [0.2, 0.25) is 0 Å². The van der Waals surface area contributed by atoms with Crippen molar-refractivity contribution in [3.8, 4) is 5.75 Å². The van der Waals surface area contributed by atoms with Crippen LogP contribution < -0.4 is 10.5 Å². The number of benzene rings is 1. The summed E-state index contributed by atoms with van der Waals surface area (Å²) in [5.74, 6) is 0.596. The van der Waals surface area contributed by atoms with Crippen molar-refractivity contribution in [3.63, 3.8) is 0 Å². The Morgan fingerprint density at radius 3 is 3.00 bits per heavy atom. The van der Waals surface area contributed by atoms with Gasteiger partial charge in [0, 0.05) is 30.8 Å². The zero-order valence-electron chi connectivity index (χ0n) is 10.0. The second kappa shape index (κ2) is 5.79. The fraction of sp³-hybridized carbons (Fsp3) is 0.500. The summed E-state index contributed by atoms with van der Waals surface area (Å²) < 4.78 is 11.1. The number of rotatable bonds is 5. The summed E-state index contributed by atoms with van der Waals surface area (Å²) in [4.78, 5) is 10.2. The summed E-state index contributed by atoms with van der Waals surface area (Å²) >= 11 is 0. The first kappa shape index (κ1) is 12.8. The topological polar surface area (TPSA) is 87.6 Å². The molecule has 18 heavy (non-hydrogen) atoms.